The average molecular weight is 274 g/mol. The highest BCUT2D eigenvalue weighted by Gasteiger charge is 2.04. The van der Waals surface area contributed by atoms with Crippen LogP contribution in [0.1, 0.15) is 5.56 Å². The van der Waals surface area contributed by atoms with E-state index in [0.29, 0.717) is 12.4 Å². The molecule has 5 heteroatoms. The first-order valence-electron chi connectivity index (χ1n) is 6.21. The molecule has 1 aromatic heterocycles. The van der Waals surface area contributed by atoms with Gasteiger partial charge in [-0.3, -0.25) is 0 Å². The highest BCUT2D eigenvalue weighted by Crippen LogP contribution is 2.27. The third kappa shape index (κ3) is 3.32. The molecule has 1 heterocycles. The molecule has 0 fully saturated rings. The number of ether oxygens (including phenoxy) is 3. The van der Waals surface area contributed by atoms with E-state index in [1.54, 1.807) is 27.5 Å². The first-order chi connectivity index (χ1) is 9.76. The molecule has 0 atom stereocenters. The lowest BCUT2D eigenvalue weighted by Crippen LogP contribution is -2.01. The molecular formula is C15H18N2O3. The van der Waals surface area contributed by atoms with Crippen LogP contribution in [0.2, 0.25) is 0 Å². The van der Waals surface area contributed by atoms with Gasteiger partial charge in [0, 0.05) is 12.6 Å². The Balaban J connectivity index is 2.02. The number of rotatable bonds is 6. The first kappa shape index (κ1) is 14.0. The second kappa shape index (κ2) is 6.65. The lowest BCUT2D eigenvalue weighted by Gasteiger charge is -2.11. The zero-order valence-electron chi connectivity index (χ0n) is 11.8. The molecule has 0 aliphatic carbocycles. The summed E-state index contributed by atoms with van der Waals surface area (Å²) < 4.78 is 15.5. The normalized spacial score (nSPS) is 9.95. The van der Waals surface area contributed by atoms with E-state index in [-0.39, 0.29) is 0 Å². The number of nitrogens with one attached hydrogen (secondary N) is 1. The van der Waals surface area contributed by atoms with Crippen molar-refractivity contribution < 1.29 is 14.2 Å². The van der Waals surface area contributed by atoms with E-state index in [9.17, 15) is 0 Å². The van der Waals surface area contributed by atoms with Crippen molar-refractivity contribution in [2.45, 2.75) is 6.54 Å². The minimum absolute atomic E-state index is 0.599. The summed E-state index contributed by atoms with van der Waals surface area (Å²) in [4.78, 5) is 4.14. The van der Waals surface area contributed by atoms with Gasteiger partial charge in [0.15, 0.2) is 11.5 Å². The Labute approximate surface area is 118 Å². The summed E-state index contributed by atoms with van der Waals surface area (Å²) in [6.07, 6.45) is 1.74. The molecule has 0 amide bonds. The fourth-order valence-corrected chi connectivity index (χ4v) is 1.80. The van der Waals surface area contributed by atoms with Crippen LogP contribution in [-0.2, 0) is 6.54 Å². The van der Waals surface area contributed by atoms with Gasteiger partial charge in [0.25, 0.3) is 0 Å². The summed E-state index contributed by atoms with van der Waals surface area (Å²) in [5.74, 6) is 2.05. The van der Waals surface area contributed by atoms with Crippen molar-refractivity contribution >= 4 is 5.69 Å². The molecule has 0 unspecified atom stereocenters. The van der Waals surface area contributed by atoms with E-state index in [1.165, 1.54) is 0 Å². The second-order valence-electron chi connectivity index (χ2n) is 4.13. The van der Waals surface area contributed by atoms with Crippen molar-refractivity contribution in [2.75, 3.05) is 26.6 Å². The third-order valence-corrected chi connectivity index (χ3v) is 2.89. The summed E-state index contributed by atoms with van der Waals surface area (Å²) in [5, 5.41) is 3.29. The Hall–Kier alpha value is -2.43. The number of hydrogen-bond acceptors (Lipinski definition) is 5. The van der Waals surface area contributed by atoms with E-state index < -0.39 is 0 Å². The Morgan fingerprint density at radius 2 is 1.75 bits per heavy atom. The highest BCUT2D eigenvalue weighted by molar-refractivity contribution is 5.46. The van der Waals surface area contributed by atoms with Gasteiger partial charge in [0.2, 0.25) is 5.88 Å². The number of anilines is 1. The monoisotopic (exact) mass is 274 g/mol. The minimum atomic E-state index is 0.599. The Morgan fingerprint density at radius 3 is 2.35 bits per heavy atom. The number of benzene rings is 1. The van der Waals surface area contributed by atoms with E-state index >= 15 is 0 Å². The van der Waals surface area contributed by atoms with E-state index in [4.69, 9.17) is 14.2 Å². The fourth-order valence-electron chi connectivity index (χ4n) is 1.80. The lowest BCUT2D eigenvalue weighted by atomic mass is 10.2. The number of methoxy groups -OCH3 is 3. The smallest absolute Gasteiger partial charge is 0.213 e. The lowest BCUT2D eigenvalue weighted by molar-refractivity contribution is 0.354. The fraction of sp³-hybridized carbons (Fsp3) is 0.267. The molecule has 2 rings (SSSR count). The summed E-state index contributed by atoms with van der Waals surface area (Å²) in [6.45, 7) is 0.675. The molecule has 0 spiro atoms. The molecule has 1 N–H and O–H groups in total. The Kier molecular flexibility index (Phi) is 4.65. The summed E-state index contributed by atoms with van der Waals surface area (Å²) >= 11 is 0. The van der Waals surface area contributed by atoms with Crippen LogP contribution in [0.4, 0.5) is 5.69 Å². The van der Waals surface area contributed by atoms with Crippen molar-refractivity contribution in [2.24, 2.45) is 0 Å². The summed E-state index contributed by atoms with van der Waals surface area (Å²) in [5.41, 5.74) is 2.03. The highest BCUT2D eigenvalue weighted by atomic mass is 16.5. The topological polar surface area (TPSA) is 52.6 Å². The molecule has 106 valence electrons. The van der Waals surface area contributed by atoms with Crippen LogP contribution in [0.5, 0.6) is 17.4 Å². The molecule has 0 saturated heterocycles. The molecule has 0 radical (unpaired) electrons. The van der Waals surface area contributed by atoms with Crippen molar-refractivity contribution in [3.8, 4) is 17.4 Å². The van der Waals surface area contributed by atoms with E-state index in [1.807, 2.05) is 30.3 Å². The Morgan fingerprint density at radius 1 is 0.950 bits per heavy atom. The van der Waals surface area contributed by atoms with Crippen LogP contribution in [-0.4, -0.2) is 26.3 Å². The Bertz CT molecular complexity index is 556. The summed E-state index contributed by atoms with van der Waals surface area (Å²) in [6, 6.07) is 9.57. The maximum Gasteiger partial charge on any atom is 0.213 e. The van der Waals surface area contributed by atoms with E-state index in [0.717, 1.165) is 22.7 Å². The van der Waals surface area contributed by atoms with Crippen LogP contribution < -0.4 is 19.5 Å². The SMILES string of the molecule is COc1ccc(NCc2ccc(OC)c(OC)c2)cn1. The predicted octanol–water partition coefficient (Wildman–Crippen LogP) is 2.72. The molecule has 5 nitrogen and oxygen atoms in total. The maximum absolute atomic E-state index is 5.28. The molecule has 0 saturated carbocycles. The molecule has 0 aliphatic heterocycles. The quantitative estimate of drug-likeness (QED) is 0.877. The number of hydrogen-bond donors (Lipinski definition) is 1. The van der Waals surface area contributed by atoms with Gasteiger partial charge in [-0.05, 0) is 23.8 Å². The molecule has 0 aliphatic rings. The molecule has 2 aromatic rings. The van der Waals surface area contributed by atoms with Gasteiger partial charge in [0.05, 0.1) is 33.2 Å². The van der Waals surface area contributed by atoms with Crippen molar-refractivity contribution in [3.05, 3.63) is 42.1 Å². The van der Waals surface area contributed by atoms with Gasteiger partial charge >= 0.3 is 0 Å². The van der Waals surface area contributed by atoms with Crippen LogP contribution in [0.15, 0.2) is 36.5 Å². The standard InChI is InChI=1S/C15H18N2O3/c1-18-13-6-4-11(8-14(13)19-2)9-16-12-5-7-15(20-3)17-10-12/h4-8,10,16H,9H2,1-3H3. The van der Waals surface area contributed by atoms with Gasteiger partial charge < -0.3 is 19.5 Å². The van der Waals surface area contributed by atoms with Crippen molar-refractivity contribution in [3.63, 3.8) is 0 Å². The van der Waals surface area contributed by atoms with Crippen molar-refractivity contribution in [1.29, 1.82) is 0 Å². The molecular weight excluding hydrogens is 256 g/mol. The van der Waals surface area contributed by atoms with Crippen LogP contribution in [0.3, 0.4) is 0 Å². The van der Waals surface area contributed by atoms with Crippen LogP contribution >= 0.6 is 0 Å². The van der Waals surface area contributed by atoms with Crippen LogP contribution in [0, 0.1) is 0 Å². The zero-order chi connectivity index (χ0) is 14.4. The van der Waals surface area contributed by atoms with Crippen molar-refractivity contribution in [1.82, 2.24) is 4.98 Å². The van der Waals surface area contributed by atoms with Gasteiger partial charge in [-0.25, -0.2) is 4.98 Å². The largest absolute Gasteiger partial charge is 0.493 e. The zero-order valence-corrected chi connectivity index (χ0v) is 11.8. The second-order valence-corrected chi connectivity index (χ2v) is 4.13. The van der Waals surface area contributed by atoms with Crippen LogP contribution in [0.25, 0.3) is 0 Å². The third-order valence-electron chi connectivity index (χ3n) is 2.89. The first-order valence-corrected chi connectivity index (χ1v) is 6.21. The number of aromatic nitrogens is 1. The average Bonchev–Trinajstić information content (AvgIpc) is 2.53. The maximum atomic E-state index is 5.28. The predicted molar refractivity (Wildman–Crippen MR) is 77.7 cm³/mol. The van der Waals surface area contributed by atoms with Gasteiger partial charge in [0.1, 0.15) is 0 Å². The molecule has 20 heavy (non-hydrogen) atoms. The number of nitrogens with zero attached hydrogens (tertiary/aromatic N) is 1. The minimum Gasteiger partial charge on any atom is -0.493 e. The number of pyridine rings is 1. The van der Waals surface area contributed by atoms with E-state index in [2.05, 4.69) is 10.3 Å². The molecule has 1 aromatic carbocycles. The van der Waals surface area contributed by atoms with Gasteiger partial charge in [-0.15, -0.1) is 0 Å². The van der Waals surface area contributed by atoms with Gasteiger partial charge in [-0.1, -0.05) is 6.07 Å². The molecule has 0 bridgehead atoms. The summed E-state index contributed by atoms with van der Waals surface area (Å²) in [7, 11) is 4.85. The van der Waals surface area contributed by atoms with Gasteiger partial charge in [-0.2, -0.15) is 0 Å².